The lowest BCUT2D eigenvalue weighted by Crippen LogP contribution is -2.37. The van der Waals surface area contributed by atoms with Crippen molar-refractivity contribution in [2.24, 2.45) is 24.8 Å². The summed E-state index contributed by atoms with van der Waals surface area (Å²) in [5.74, 6) is 2.14. The summed E-state index contributed by atoms with van der Waals surface area (Å²) in [6.07, 6.45) is 18.9. The molecule has 1 aliphatic heterocycles. The van der Waals surface area contributed by atoms with Crippen molar-refractivity contribution in [3.63, 3.8) is 0 Å². The predicted octanol–water partition coefficient (Wildman–Crippen LogP) is 4.97. The lowest BCUT2D eigenvalue weighted by molar-refractivity contribution is -0.126. The van der Waals surface area contributed by atoms with Crippen molar-refractivity contribution < 1.29 is 9.59 Å². The van der Waals surface area contributed by atoms with Crippen molar-refractivity contribution in [3.05, 3.63) is 35.7 Å². The minimum atomic E-state index is -0.0829. The fourth-order valence-corrected chi connectivity index (χ4v) is 5.04. The standard InChI is InChI=1S/C17H25N5O.C8H14N2O.C2H6.C2H2/c1-11-5-4-6-13(9-11)16(14-10-18-12(2)20-14)21-17(23)15-7-8-19-22(15)3;1-6(9)5-7-3-2-4-10-8(7)11;2*1-2/h7-8,10-11,13,16H,4-6,9H2,1-3H3,(H,18,20)(H,21,23);7,9H,2-5H2,1H3,(H,10,11);1-2H3;1-2H. The zero-order chi connectivity index (χ0) is 28.7. The number of aromatic nitrogens is 4. The number of carbonyl (C=O) groups excluding carboxylic acids is 2. The lowest BCUT2D eigenvalue weighted by Gasteiger charge is -2.33. The van der Waals surface area contributed by atoms with Crippen LogP contribution in [0.3, 0.4) is 0 Å². The number of H-pyrrole nitrogens is 1. The highest BCUT2D eigenvalue weighted by Gasteiger charge is 2.31. The third-order valence-electron chi connectivity index (χ3n) is 6.80. The summed E-state index contributed by atoms with van der Waals surface area (Å²) in [5, 5.41) is 17.3. The zero-order valence-electron chi connectivity index (χ0n) is 24.0. The number of nitrogens with zero attached hydrogens (tertiary/aromatic N) is 3. The Kier molecular flexibility index (Phi) is 14.7. The number of piperidine rings is 1. The van der Waals surface area contributed by atoms with E-state index in [2.05, 4.69) is 45.5 Å². The molecule has 0 bridgehead atoms. The van der Waals surface area contributed by atoms with Crippen LogP contribution in [-0.4, -0.2) is 43.8 Å². The lowest BCUT2D eigenvalue weighted by atomic mass is 9.78. The Hall–Kier alpha value is -3.41. The molecule has 1 saturated carbocycles. The summed E-state index contributed by atoms with van der Waals surface area (Å²) in [6, 6.07) is 1.72. The second-order valence-corrected chi connectivity index (χ2v) is 9.86. The van der Waals surface area contributed by atoms with Crippen molar-refractivity contribution in [2.75, 3.05) is 6.54 Å². The monoisotopic (exact) mass is 525 g/mol. The number of terminal acetylenes is 1. The highest BCUT2D eigenvalue weighted by atomic mass is 16.2. The number of amides is 2. The van der Waals surface area contributed by atoms with Crippen molar-refractivity contribution in [2.45, 2.75) is 85.6 Å². The van der Waals surface area contributed by atoms with Crippen molar-refractivity contribution >= 4 is 17.5 Å². The maximum atomic E-state index is 12.6. The van der Waals surface area contributed by atoms with E-state index in [1.807, 2.05) is 27.0 Å². The van der Waals surface area contributed by atoms with E-state index < -0.39 is 0 Å². The molecule has 2 aromatic heterocycles. The highest BCUT2D eigenvalue weighted by Crippen LogP contribution is 2.36. The summed E-state index contributed by atoms with van der Waals surface area (Å²) < 4.78 is 1.61. The van der Waals surface area contributed by atoms with E-state index in [9.17, 15) is 9.59 Å². The van der Waals surface area contributed by atoms with Gasteiger partial charge >= 0.3 is 0 Å². The SMILES string of the molecule is C#C.CC.CC(=N)CC1CCCNC1=O.Cc1ncc(C(NC(=O)c2ccnn2C)C2CCCC(C)C2)[nH]1. The molecule has 0 spiro atoms. The average Bonchev–Trinajstić information content (AvgIpc) is 3.54. The fourth-order valence-electron chi connectivity index (χ4n) is 5.04. The van der Waals surface area contributed by atoms with E-state index in [-0.39, 0.29) is 23.8 Å². The first-order valence-electron chi connectivity index (χ1n) is 13.7. The van der Waals surface area contributed by atoms with Gasteiger partial charge in [0.15, 0.2) is 0 Å². The van der Waals surface area contributed by atoms with Crippen LogP contribution in [0.25, 0.3) is 0 Å². The number of aromatic amines is 1. The number of hydrogen-bond donors (Lipinski definition) is 4. The number of nitrogens with one attached hydrogen (secondary N) is 4. The van der Waals surface area contributed by atoms with Crippen molar-refractivity contribution in [1.29, 1.82) is 5.41 Å². The van der Waals surface area contributed by atoms with Crippen LogP contribution in [-0.2, 0) is 11.8 Å². The molecule has 4 N–H and O–H groups in total. The Balaban J connectivity index is 0.000000405. The van der Waals surface area contributed by atoms with E-state index in [1.165, 1.54) is 12.8 Å². The molecule has 0 radical (unpaired) electrons. The molecule has 4 atom stereocenters. The van der Waals surface area contributed by atoms with E-state index in [1.54, 1.807) is 30.9 Å². The van der Waals surface area contributed by atoms with Gasteiger partial charge in [0.2, 0.25) is 5.91 Å². The number of rotatable bonds is 6. The van der Waals surface area contributed by atoms with Gasteiger partial charge in [0.1, 0.15) is 11.5 Å². The first-order chi connectivity index (χ1) is 18.2. The van der Waals surface area contributed by atoms with E-state index >= 15 is 0 Å². The molecule has 38 heavy (non-hydrogen) atoms. The molecule has 2 aromatic rings. The Morgan fingerprint density at radius 1 is 1.26 bits per heavy atom. The zero-order valence-corrected chi connectivity index (χ0v) is 24.0. The van der Waals surface area contributed by atoms with Crippen LogP contribution in [0.4, 0.5) is 0 Å². The Morgan fingerprint density at radius 2 is 1.97 bits per heavy atom. The molecule has 4 unspecified atom stereocenters. The van der Waals surface area contributed by atoms with Gasteiger partial charge in [-0.05, 0) is 63.9 Å². The molecule has 1 aliphatic carbocycles. The van der Waals surface area contributed by atoms with E-state index in [4.69, 9.17) is 5.41 Å². The Bertz CT molecular complexity index is 1020. The number of imidazole rings is 1. The van der Waals surface area contributed by atoms with Gasteiger partial charge in [0.25, 0.3) is 5.91 Å². The second kappa shape index (κ2) is 17.2. The van der Waals surface area contributed by atoms with Gasteiger partial charge in [-0.15, -0.1) is 12.8 Å². The molecular formula is C29H47N7O2. The minimum absolute atomic E-state index is 0.0265. The van der Waals surface area contributed by atoms with Crippen LogP contribution in [0, 0.1) is 42.9 Å². The predicted molar refractivity (Wildman–Crippen MR) is 153 cm³/mol. The molecule has 1 saturated heterocycles. The summed E-state index contributed by atoms with van der Waals surface area (Å²) in [4.78, 5) is 31.4. The summed E-state index contributed by atoms with van der Waals surface area (Å²) in [5.41, 5.74) is 2.18. The number of aryl methyl sites for hydroxylation is 2. The smallest absolute Gasteiger partial charge is 0.270 e. The fraction of sp³-hybridized carbons (Fsp3) is 0.621. The van der Waals surface area contributed by atoms with Crippen LogP contribution < -0.4 is 10.6 Å². The number of hydrogen-bond acceptors (Lipinski definition) is 5. The highest BCUT2D eigenvalue weighted by molar-refractivity contribution is 5.92. The summed E-state index contributed by atoms with van der Waals surface area (Å²) >= 11 is 0. The largest absolute Gasteiger partial charge is 0.356 e. The molecule has 3 heterocycles. The first-order valence-corrected chi connectivity index (χ1v) is 13.7. The van der Waals surface area contributed by atoms with Crippen LogP contribution in [0.1, 0.15) is 101 Å². The topological polar surface area (TPSA) is 129 Å². The average molecular weight is 526 g/mol. The van der Waals surface area contributed by atoms with Gasteiger partial charge in [-0.2, -0.15) is 5.10 Å². The molecule has 210 valence electrons. The maximum absolute atomic E-state index is 12.6. The van der Waals surface area contributed by atoms with Crippen LogP contribution in [0.5, 0.6) is 0 Å². The molecule has 0 aromatic carbocycles. The van der Waals surface area contributed by atoms with E-state index in [0.717, 1.165) is 43.7 Å². The Labute approximate surface area is 228 Å². The molecule has 2 aliphatic rings. The molecule has 9 heteroatoms. The molecule has 4 rings (SSSR count). The summed E-state index contributed by atoms with van der Waals surface area (Å²) in [6.45, 7) is 10.8. The third kappa shape index (κ3) is 10.2. The van der Waals surface area contributed by atoms with Crippen molar-refractivity contribution in [3.8, 4) is 12.8 Å². The van der Waals surface area contributed by atoms with Crippen molar-refractivity contribution in [1.82, 2.24) is 30.4 Å². The third-order valence-corrected chi connectivity index (χ3v) is 6.80. The number of carbonyl (C=O) groups is 2. The first kappa shape index (κ1) is 32.6. The van der Waals surface area contributed by atoms with Crippen LogP contribution in [0.2, 0.25) is 0 Å². The normalized spacial score (nSPS) is 21.1. The molecular weight excluding hydrogens is 478 g/mol. The Morgan fingerprint density at radius 3 is 2.50 bits per heavy atom. The van der Waals surface area contributed by atoms with Gasteiger partial charge in [-0.3, -0.25) is 14.3 Å². The molecule has 9 nitrogen and oxygen atoms in total. The quantitative estimate of drug-likeness (QED) is 0.314. The second-order valence-electron chi connectivity index (χ2n) is 9.86. The van der Waals surface area contributed by atoms with Crippen LogP contribution in [0.15, 0.2) is 18.5 Å². The van der Waals surface area contributed by atoms with Gasteiger partial charge in [-0.1, -0.05) is 33.6 Å². The van der Waals surface area contributed by atoms with E-state index in [0.29, 0.717) is 29.7 Å². The molecule has 2 fully saturated rings. The van der Waals surface area contributed by atoms with Gasteiger partial charge in [0, 0.05) is 31.4 Å². The van der Waals surface area contributed by atoms with Gasteiger partial charge in [0.05, 0.1) is 17.9 Å². The van der Waals surface area contributed by atoms with Gasteiger partial charge < -0.3 is 21.0 Å². The van der Waals surface area contributed by atoms with Crippen LogP contribution >= 0.6 is 0 Å². The summed E-state index contributed by atoms with van der Waals surface area (Å²) in [7, 11) is 1.78. The maximum Gasteiger partial charge on any atom is 0.270 e. The van der Waals surface area contributed by atoms with Gasteiger partial charge in [-0.25, -0.2) is 4.98 Å². The minimum Gasteiger partial charge on any atom is -0.356 e. The molecule has 2 amide bonds.